The number of hydrogen-bond acceptors (Lipinski definition) is 1. The lowest BCUT2D eigenvalue weighted by Gasteiger charge is -1.97. The predicted molar refractivity (Wildman–Crippen MR) is 62.4 cm³/mol. The number of pyridine rings is 1. The van der Waals surface area contributed by atoms with Crippen molar-refractivity contribution in [2.24, 2.45) is 0 Å². The Morgan fingerprint density at radius 1 is 1.07 bits per heavy atom. The second-order valence-corrected chi connectivity index (χ2v) is 3.35. The summed E-state index contributed by atoms with van der Waals surface area (Å²) in [7, 11) is 0. The lowest BCUT2D eigenvalue weighted by atomic mass is 10.1. The number of hydrogen-bond donors (Lipinski definition) is 0. The molecule has 0 radical (unpaired) electrons. The Morgan fingerprint density at radius 3 is 2.43 bits per heavy atom. The molecule has 1 aromatic heterocycles. The van der Waals surface area contributed by atoms with Crippen LogP contribution in [-0.2, 0) is 0 Å². The van der Waals surface area contributed by atoms with E-state index in [9.17, 15) is 0 Å². The van der Waals surface area contributed by atoms with Crippen LogP contribution in [0.1, 0.15) is 25.8 Å². The van der Waals surface area contributed by atoms with Gasteiger partial charge in [-0.15, -0.1) is 0 Å². The molecule has 0 amide bonds. The van der Waals surface area contributed by atoms with E-state index in [1.54, 1.807) is 0 Å². The summed E-state index contributed by atoms with van der Waals surface area (Å²) in [5, 5.41) is 1.25. The average molecular weight is 187 g/mol. The van der Waals surface area contributed by atoms with Crippen molar-refractivity contribution >= 4 is 10.9 Å². The van der Waals surface area contributed by atoms with Gasteiger partial charge >= 0.3 is 0 Å². The van der Waals surface area contributed by atoms with Crippen LogP contribution in [0.3, 0.4) is 0 Å². The van der Waals surface area contributed by atoms with E-state index < -0.39 is 0 Å². The van der Waals surface area contributed by atoms with Gasteiger partial charge in [0.25, 0.3) is 0 Å². The zero-order chi connectivity index (χ0) is 10.4. The van der Waals surface area contributed by atoms with E-state index in [-0.39, 0.29) is 0 Å². The molecule has 2 aromatic rings. The predicted octanol–water partition coefficient (Wildman–Crippen LogP) is 3.96. The zero-order valence-corrected chi connectivity index (χ0v) is 9.12. The molecule has 0 spiro atoms. The topological polar surface area (TPSA) is 12.9 Å². The van der Waals surface area contributed by atoms with Gasteiger partial charge in [-0.3, -0.25) is 4.98 Å². The van der Waals surface area contributed by atoms with Crippen LogP contribution in [0.2, 0.25) is 0 Å². The minimum absolute atomic E-state index is 1.08. The molecule has 0 atom stereocenters. The van der Waals surface area contributed by atoms with Crippen molar-refractivity contribution in [2.45, 2.75) is 27.2 Å². The highest BCUT2D eigenvalue weighted by Gasteiger charge is 1.93. The van der Waals surface area contributed by atoms with Gasteiger partial charge in [0, 0.05) is 11.6 Å². The number of benzene rings is 1. The molecule has 0 fully saturated rings. The number of nitrogens with zero attached hydrogens (tertiary/aromatic N) is 1. The maximum atomic E-state index is 4.24. The third kappa shape index (κ3) is 2.56. The first-order valence-electron chi connectivity index (χ1n) is 5.10. The number of fused-ring (bicyclic) bond motifs is 1. The zero-order valence-electron chi connectivity index (χ0n) is 9.12. The fraction of sp³-hybridized carbons (Fsp3) is 0.308. The van der Waals surface area contributed by atoms with Crippen LogP contribution in [0.4, 0.5) is 0 Å². The van der Waals surface area contributed by atoms with Crippen LogP contribution in [0.5, 0.6) is 0 Å². The molecule has 0 unspecified atom stereocenters. The standard InChI is InChI=1S/C10H9N.C3H8/c1-8-4-2-6-10-9(8)5-3-7-11-10;1-3-2/h2-7H,1H3;3H2,1-2H3. The van der Waals surface area contributed by atoms with Crippen LogP contribution < -0.4 is 0 Å². The molecule has 0 N–H and O–H groups in total. The van der Waals surface area contributed by atoms with Crippen molar-refractivity contribution in [1.29, 1.82) is 0 Å². The normalized spacial score (nSPS) is 9.36. The third-order valence-electron chi connectivity index (χ3n) is 1.86. The lowest BCUT2D eigenvalue weighted by molar-refractivity contribution is 1.09. The second-order valence-electron chi connectivity index (χ2n) is 3.35. The van der Waals surface area contributed by atoms with Gasteiger partial charge in [0.2, 0.25) is 0 Å². The molecule has 0 aliphatic rings. The molecule has 2 rings (SSSR count). The van der Waals surface area contributed by atoms with Gasteiger partial charge in [-0.05, 0) is 24.6 Å². The smallest absolute Gasteiger partial charge is 0.0704 e. The maximum Gasteiger partial charge on any atom is 0.0704 e. The summed E-state index contributed by atoms with van der Waals surface area (Å²) in [5.74, 6) is 0. The van der Waals surface area contributed by atoms with Crippen molar-refractivity contribution in [3.05, 3.63) is 42.1 Å². The highest BCUT2D eigenvalue weighted by molar-refractivity contribution is 5.81. The minimum Gasteiger partial charge on any atom is -0.256 e. The first-order chi connectivity index (χ1) is 6.79. The highest BCUT2D eigenvalue weighted by Crippen LogP contribution is 2.14. The van der Waals surface area contributed by atoms with Gasteiger partial charge in [-0.1, -0.05) is 38.5 Å². The van der Waals surface area contributed by atoms with Crippen molar-refractivity contribution < 1.29 is 0 Å². The molecule has 1 aromatic carbocycles. The number of aryl methyl sites for hydroxylation is 1. The third-order valence-corrected chi connectivity index (χ3v) is 1.86. The molecule has 74 valence electrons. The van der Waals surface area contributed by atoms with Crippen LogP contribution in [0.15, 0.2) is 36.5 Å². The Labute approximate surface area is 85.8 Å². The van der Waals surface area contributed by atoms with Gasteiger partial charge in [0.15, 0.2) is 0 Å². The Balaban J connectivity index is 0.000000293. The van der Waals surface area contributed by atoms with Crippen molar-refractivity contribution in [3.8, 4) is 0 Å². The van der Waals surface area contributed by atoms with Crippen molar-refractivity contribution in [2.75, 3.05) is 0 Å². The summed E-state index contributed by atoms with van der Waals surface area (Å²) >= 11 is 0. The molecule has 0 saturated carbocycles. The summed E-state index contributed by atoms with van der Waals surface area (Å²) in [6.07, 6.45) is 3.07. The second kappa shape index (κ2) is 5.38. The van der Waals surface area contributed by atoms with E-state index in [0.717, 1.165) is 5.52 Å². The first-order valence-corrected chi connectivity index (χ1v) is 5.10. The fourth-order valence-corrected chi connectivity index (χ4v) is 1.26. The van der Waals surface area contributed by atoms with E-state index in [4.69, 9.17) is 0 Å². The van der Waals surface area contributed by atoms with E-state index >= 15 is 0 Å². The van der Waals surface area contributed by atoms with E-state index in [0.29, 0.717) is 0 Å². The lowest BCUT2D eigenvalue weighted by Crippen LogP contribution is -1.79. The molecule has 0 aliphatic heterocycles. The number of aromatic nitrogens is 1. The van der Waals surface area contributed by atoms with Gasteiger partial charge < -0.3 is 0 Å². The Bertz CT molecular complexity index is 388. The largest absolute Gasteiger partial charge is 0.256 e. The summed E-state index contributed by atoms with van der Waals surface area (Å²) < 4.78 is 0. The Hall–Kier alpha value is -1.37. The molecule has 1 heterocycles. The van der Waals surface area contributed by atoms with Gasteiger partial charge in [0.1, 0.15) is 0 Å². The highest BCUT2D eigenvalue weighted by atomic mass is 14.6. The minimum atomic E-state index is 1.08. The van der Waals surface area contributed by atoms with Crippen LogP contribution in [0, 0.1) is 6.92 Å². The summed E-state index contributed by atoms with van der Waals surface area (Å²) in [5.41, 5.74) is 2.36. The summed E-state index contributed by atoms with van der Waals surface area (Å²) in [6.45, 7) is 6.35. The van der Waals surface area contributed by atoms with Gasteiger partial charge in [-0.25, -0.2) is 0 Å². The van der Waals surface area contributed by atoms with Gasteiger partial charge in [0.05, 0.1) is 5.52 Å². The molecule has 1 heteroatoms. The molecular weight excluding hydrogens is 170 g/mol. The average Bonchev–Trinajstić information content (AvgIpc) is 2.20. The SMILES string of the molecule is CCC.Cc1cccc2ncccc12. The Morgan fingerprint density at radius 2 is 1.79 bits per heavy atom. The van der Waals surface area contributed by atoms with E-state index in [1.807, 2.05) is 24.4 Å². The quantitative estimate of drug-likeness (QED) is 0.608. The van der Waals surface area contributed by atoms with Crippen molar-refractivity contribution in [3.63, 3.8) is 0 Å². The Kier molecular flexibility index (Phi) is 4.11. The molecule has 14 heavy (non-hydrogen) atoms. The number of rotatable bonds is 0. The summed E-state index contributed by atoms with van der Waals surface area (Å²) in [6, 6.07) is 10.2. The van der Waals surface area contributed by atoms with E-state index in [1.165, 1.54) is 17.4 Å². The molecule has 0 bridgehead atoms. The maximum absolute atomic E-state index is 4.24. The monoisotopic (exact) mass is 187 g/mol. The molecule has 0 saturated heterocycles. The van der Waals surface area contributed by atoms with Gasteiger partial charge in [-0.2, -0.15) is 0 Å². The molecule has 0 aliphatic carbocycles. The van der Waals surface area contributed by atoms with Crippen LogP contribution in [-0.4, -0.2) is 4.98 Å². The van der Waals surface area contributed by atoms with E-state index in [2.05, 4.69) is 37.9 Å². The molecular formula is C13H17N. The fourth-order valence-electron chi connectivity index (χ4n) is 1.26. The molecule has 1 nitrogen and oxygen atoms in total. The van der Waals surface area contributed by atoms with Crippen LogP contribution >= 0.6 is 0 Å². The first kappa shape index (κ1) is 10.7. The summed E-state index contributed by atoms with van der Waals surface area (Å²) in [4.78, 5) is 4.24. The van der Waals surface area contributed by atoms with Crippen LogP contribution in [0.25, 0.3) is 10.9 Å². The van der Waals surface area contributed by atoms with Crippen molar-refractivity contribution in [1.82, 2.24) is 4.98 Å².